The molecular weight excluding hydrogens is 196 g/mol. The molecule has 2 aliphatic carbocycles. The maximum absolute atomic E-state index is 3.72. The predicted octanol–water partition coefficient (Wildman–Crippen LogP) is 2.25. The fourth-order valence-electron chi connectivity index (χ4n) is 3.76. The standard InChI is InChI=1S/C14H26N2/c1-11-4-2-3-5-14(11)16-9-8-15-13(10-16)12-6-7-12/h11-15H,2-10H2,1H3. The van der Waals surface area contributed by atoms with Crippen LogP contribution in [0.5, 0.6) is 0 Å². The first-order valence-electron chi connectivity index (χ1n) is 7.32. The maximum atomic E-state index is 3.72. The van der Waals surface area contributed by atoms with Gasteiger partial charge in [-0.05, 0) is 37.5 Å². The van der Waals surface area contributed by atoms with Gasteiger partial charge < -0.3 is 5.32 Å². The van der Waals surface area contributed by atoms with Gasteiger partial charge in [0.15, 0.2) is 0 Å². The normalized spacial score (nSPS) is 42.2. The number of piperazine rings is 1. The topological polar surface area (TPSA) is 15.3 Å². The molecule has 0 aromatic heterocycles. The van der Waals surface area contributed by atoms with Crippen molar-refractivity contribution in [3.8, 4) is 0 Å². The minimum absolute atomic E-state index is 0.822. The van der Waals surface area contributed by atoms with Gasteiger partial charge in [-0.2, -0.15) is 0 Å². The van der Waals surface area contributed by atoms with E-state index in [0.717, 1.165) is 23.9 Å². The lowest BCUT2D eigenvalue weighted by Gasteiger charge is -2.43. The lowest BCUT2D eigenvalue weighted by Crippen LogP contribution is -2.56. The number of nitrogens with zero attached hydrogens (tertiary/aromatic N) is 1. The summed E-state index contributed by atoms with van der Waals surface area (Å²) in [6.45, 7) is 6.32. The Kier molecular flexibility index (Phi) is 3.21. The largest absolute Gasteiger partial charge is 0.311 e. The van der Waals surface area contributed by atoms with Crippen LogP contribution in [0.1, 0.15) is 45.4 Å². The minimum Gasteiger partial charge on any atom is -0.311 e. The van der Waals surface area contributed by atoms with E-state index >= 15 is 0 Å². The molecule has 0 spiro atoms. The molecule has 2 heteroatoms. The van der Waals surface area contributed by atoms with Gasteiger partial charge in [-0.3, -0.25) is 4.90 Å². The van der Waals surface area contributed by atoms with E-state index in [1.807, 2.05) is 0 Å². The van der Waals surface area contributed by atoms with Crippen LogP contribution in [-0.4, -0.2) is 36.6 Å². The van der Waals surface area contributed by atoms with Crippen molar-refractivity contribution in [1.82, 2.24) is 10.2 Å². The van der Waals surface area contributed by atoms with Crippen LogP contribution in [0.3, 0.4) is 0 Å². The molecule has 0 amide bonds. The Labute approximate surface area is 99.8 Å². The second-order valence-electron chi connectivity index (χ2n) is 6.22. The van der Waals surface area contributed by atoms with E-state index in [0.29, 0.717) is 0 Å². The summed E-state index contributed by atoms with van der Waals surface area (Å²) in [6.07, 6.45) is 8.81. The van der Waals surface area contributed by atoms with Crippen molar-refractivity contribution in [3.63, 3.8) is 0 Å². The quantitative estimate of drug-likeness (QED) is 0.771. The Morgan fingerprint density at radius 1 is 1.06 bits per heavy atom. The molecule has 3 atom stereocenters. The molecule has 0 bridgehead atoms. The summed E-state index contributed by atoms with van der Waals surface area (Å²) in [5.74, 6) is 1.95. The lowest BCUT2D eigenvalue weighted by atomic mass is 9.84. The molecule has 16 heavy (non-hydrogen) atoms. The first kappa shape index (κ1) is 11.0. The fraction of sp³-hybridized carbons (Fsp3) is 1.00. The zero-order valence-electron chi connectivity index (χ0n) is 10.6. The molecule has 2 saturated carbocycles. The molecular formula is C14H26N2. The van der Waals surface area contributed by atoms with Crippen LogP contribution in [0.25, 0.3) is 0 Å². The Bertz CT molecular complexity index is 237. The first-order chi connectivity index (χ1) is 7.84. The van der Waals surface area contributed by atoms with Crippen LogP contribution >= 0.6 is 0 Å². The number of nitrogens with one attached hydrogen (secondary N) is 1. The summed E-state index contributed by atoms with van der Waals surface area (Å²) in [5, 5.41) is 3.72. The van der Waals surface area contributed by atoms with Crippen molar-refractivity contribution >= 4 is 0 Å². The Morgan fingerprint density at radius 2 is 1.88 bits per heavy atom. The summed E-state index contributed by atoms with van der Waals surface area (Å²) < 4.78 is 0. The summed E-state index contributed by atoms with van der Waals surface area (Å²) in [5.41, 5.74) is 0. The van der Waals surface area contributed by atoms with Gasteiger partial charge in [-0.15, -0.1) is 0 Å². The average Bonchev–Trinajstić information content (AvgIpc) is 3.14. The van der Waals surface area contributed by atoms with Crippen molar-refractivity contribution in [2.75, 3.05) is 19.6 Å². The Hall–Kier alpha value is -0.0800. The van der Waals surface area contributed by atoms with Gasteiger partial charge >= 0.3 is 0 Å². The fourth-order valence-corrected chi connectivity index (χ4v) is 3.76. The molecule has 1 N–H and O–H groups in total. The predicted molar refractivity (Wildman–Crippen MR) is 67.5 cm³/mol. The highest BCUT2D eigenvalue weighted by molar-refractivity contribution is 4.94. The van der Waals surface area contributed by atoms with Crippen molar-refractivity contribution in [2.45, 2.75) is 57.5 Å². The number of hydrogen-bond acceptors (Lipinski definition) is 2. The summed E-state index contributed by atoms with van der Waals surface area (Å²) in [6, 6.07) is 1.72. The third-order valence-electron chi connectivity index (χ3n) is 4.96. The zero-order valence-corrected chi connectivity index (χ0v) is 10.6. The highest BCUT2D eigenvalue weighted by Crippen LogP contribution is 2.35. The third-order valence-corrected chi connectivity index (χ3v) is 4.96. The molecule has 3 aliphatic rings. The Balaban J connectivity index is 1.59. The molecule has 0 aromatic rings. The third kappa shape index (κ3) is 2.28. The minimum atomic E-state index is 0.822. The van der Waals surface area contributed by atoms with Crippen LogP contribution in [0.4, 0.5) is 0 Å². The smallest absolute Gasteiger partial charge is 0.0223 e. The molecule has 2 nitrogen and oxygen atoms in total. The molecule has 3 rings (SSSR count). The summed E-state index contributed by atoms with van der Waals surface area (Å²) in [7, 11) is 0. The molecule has 3 fully saturated rings. The van der Waals surface area contributed by atoms with Crippen LogP contribution in [-0.2, 0) is 0 Å². The van der Waals surface area contributed by atoms with E-state index in [4.69, 9.17) is 0 Å². The van der Waals surface area contributed by atoms with Gasteiger partial charge in [0.1, 0.15) is 0 Å². The number of rotatable bonds is 2. The van der Waals surface area contributed by atoms with Crippen molar-refractivity contribution in [2.24, 2.45) is 11.8 Å². The highest BCUT2D eigenvalue weighted by Gasteiger charge is 2.37. The van der Waals surface area contributed by atoms with Crippen LogP contribution in [0.15, 0.2) is 0 Å². The molecule has 92 valence electrons. The molecule has 1 heterocycles. The number of hydrogen-bond donors (Lipinski definition) is 1. The van der Waals surface area contributed by atoms with E-state index in [2.05, 4.69) is 17.1 Å². The van der Waals surface area contributed by atoms with Gasteiger partial charge in [0.2, 0.25) is 0 Å². The lowest BCUT2D eigenvalue weighted by molar-refractivity contribution is 0.0768. The zero-order chi connectivity index (χ0) is 11.0. The summed E-state index contributed by atoms with van der Waals surface area (Å²) in [4.78, 5) is 2.81. The van der Waals surface area contributed by atoms with Crippen LogP contribution < -0.4 is 5.32 Å². The Morgan fingerprint density at radius 3 is 2.62 bits per heavy atom. The van der Waals surface area contributed by atoms with Gasteiger partial charge in [-0.25, -0.2) is 0 Å². The van der Waals surface area contributed by atoms with E-state index in [9.17, 15) is 0 Å². The second-order valence-corrected chi connectivity index (χ2v) is 6.22. The maximum Gasteiger partial charge on any atom is 0.0223 e. The van der Waals surface area contributed by atoms with Crippen molar-refractivity contribution in [3.05, 3.63) is 0 Å². The molecule has 1 saturated heterocycles. The molecule has 0 radical (unpaired) electrons. The highest BCUT2D eigenvalue weighted by atomic mass is 15.2. The van der Waals surface area contributed by atoms with Crippen LogP contribution in [0, 0.1) is 11.8 Å². The van der Waals surface area contributed by atoms with Crippen molar-refractivity contribution in [1.29, 1.82) is 0 Å². The van der Waals surface area contributed by atoms with Gasteiger partial charge in [-0.1, -0.05) is 19.8 Å². The van der Waals surface area contributed by atoms with E-state index in [-0.39, 0.29) is 0 Å². The molecule has 0 aromatic carbocycles. The molecule has 1 aliphatic heterocycles. The van der Waals surface area contributed by atoms with Crippen LogP contribution in [0.2, 0.25) is 0 Å². The first-order valence-corrected chi connectivity index (χ1v) is 7.32. The SMILES string of the molecule is CC1CCCCC1N1CCNC(C2CC2)C1. The van der Waals surface area contributed by atoms with Crippen molar-refractivity contribution < 1.29 is 0 Å². The second kappa shape index (κ2) is 4.66. The molecule has 3 unspecified atom stereocenters. The van der Waals surface area contributed by atoms with E-state index in [1.165, 1.54) is 58.2 Å². The van der Waals surface area contributed by atoms with Gasteiger partial charge in [0.05, 0.1) is 0 Å². The summed E-state index contributed by atoms with van der Waals surface area (Å²) >= 11 is 0. The van der Waals surface area contributed by atoms with Gasteiger partial charge in [0.25, 0.3) is 0 Å². The monoisotopic (exact) mass is 222 g/mol. The van der Waals surface area contributed by atoms with E-state index < -0.39 is 0 Å². The van der Waals surface area contributed by atoms with E-state index in [1.54, 1.807) is 0 Å². The van der Waals surface area contributed by atoms with Gasteiger partial charge in [0, 0.05) is 31.7 Å². The average molecular weight is 222 g/mol.